The first-order valence-electron chi connectivity index (χ1n) is 10.2. The fourth-order valence-electron chi connectivity index (χ4n) is 4.38. The van der Waals surface area contributed by atoms with Gasteiger partial charge in [0.15, 0.2) is 5.96 Å². The first kappa shape index (κ1) is 22.2. The summed E-state index contributed by atoms with van der Waals surface area (Å²) >= 11 is 0. The molecule has 0 amide bonds. The molecular weight excluding hydrogens is 443 g/mol. The number of ether oxygens (including phenoxy) is 1. The summed E-state index contributed by atoms with van der Waals surface area (Å²) in [7, 11) is 1.81. The Morgan fingerprint density at radius 1 is 1.19 bits per heavy atom. The molecule has 152 valence electrons. The Kier molecular flexibility index (Phi) is 9.40. The highest BCUT2D eigenvalue weighted by Gasteiger charge is 2.29. The molecule has 2 saturated heterocycles. The molecule has 1 atom stereocenters. The lowest BCUT2D eigenvalue weighted by molar-refractivity contribution is 0.00852. The van der Waals surface area contributed by atoms with Gasteiger partial charge in [-0.15, -0.1) is 24.0 Å². The number of aliphatic hydroxyl groups is 1. The maximum Gasteiger partial charge on any atom is 0.191 e. The van der Waals surface area contributed by atoms with Crippen molar-refractivity contribution in [2.24, 2.45) is 10.9 Å². The molecule has 3 rings (SSSR count). The summed E-state index contributed by atoms with van der Waals surface area (Å²) < 4.78 is 5.49. The van der Waals surface area contributed by atoms with Gasteiger partial charge < -0.3 is 25.4 Å². The number of piperidine rings is 1. The van der Waals surface area contributed by atoms with E-state index in [1.165, 1.54) is 19.4 Å². The van der Waals surface area contributed by atoms with Crippen molar-refractivity contribution in [3.8, 4) is 0 Å². The van der Waals surface area contributed by atoms with Crippen molar-refractivity contribution in [2.75, 3.05) is 46.4 Å². The molecule has 0 bridgehead atoms. The molecule has 7 heteroatoms. The molecular formula is C19H37IN4O2. The molecule has 3 aliphatic rings. The summed E-state index contributed by atoms with van der Waals surface area (Å²) in [6, 6.07) is 0.475. The Morgan fingerprint density at radius 3 is 2.54 bits per heavy atom. The van der Waals surface area contributed by atoms with Gasteiger partial charge in [-0.05, 0) is 38.0 Å². The molecule has 1 aliphatic carbocycles. The Bertz CT molecular complexity index is 429. The van der Waals surface area contributed by atoms with Crippen LogP contribution in [0.4, 0.5) is 0 Å². The Labute approximate surface area is 175 Å². The Hall–Kier alpha value is -0.120. The Balaban J connectivity index is 0.00000243. The number of guanidine groups is 1. The molecule has 0 aromatic heterocycles. The van der Waals surface area contributed by atoms with Crippen LogP contribution in [0.5, 0.6) is 0 Å². The first-order chi connectivity index (χ1) is 12.2. The Morgan fingerprint density at radius 2 is 1.92 bits per heavy atom. The van der Waals surface area contributed by atoms with Gasteiger partial charge in [0.2, 0.25) is 0 Å². The molecule has 2 heterocycles. The fraction of sp³-hybridized carbons (Fsp3) is 0.947. The fourth-order valence-corrected chi connectivity index (χ4v) is 4.38. The van der Waals surface area contributed by atoms with Crippen molar-refractivity contribution in [2.45, 2.75) is 63.0 Å². The van der Waals surface area contributed by atoms with E-state index in [9.17, 15) is 5.11 Å². The quantitative estimate of drug-likeness (QED) is 0.319. The summed E-state index contributed by atoms with van der Waals surface area (Å²) in [6.07, 6.45) is 8.85. The predicted octanol–water partition coefficient (Wildman–Crippen LogP) is 1.97. The monoisotopic (exact) mass is 480 g/mol. The number of hydrogen-bond acceptors (Lipinski definition) is 4. The molecule has 0 radical (unpaired) electrons. The van der Waals surface area contributed by atoms with E-state index < -0.39 is 5.60 Å². The molecule has 0 aromatic carbocycles. The van der Waals surface area contributed by atoms with E-state index in [0.29, 0.717) is 12.6 Å². The van der Waals surface area contributed by atoms with Crippen molar-refractivity contribution in [3.63, 3.8) is 0 Å². The van der Waals surface area contributed by atoms with Gasteiger partial charge in [-0.3, -0.25) is 4.99 Å². The van der Waals surface area contributed by atoms with Gasteiger partial charge in [0.25, 0.3) is 0 Å². The summed E-state index contributed by atoms with van der Waals surface area (Å²) in [5.41, 5.74) is -0.553. The van der Waals surface area contributed by atoms with Crippen LogP contribution in [0, 0.1) is 5.92 Å². The highest BCUT2D eigenvalue weighted by molar-refractivity contribution is 14.0. The minimum absolute atomic E-state index is 0. The van der Waals surface area contributed by atoms with Crippen molar-refractivity contribution >= 4 is 29.9 Å². The summed E-state index contributed by atoms with van der Waals surface area (Å²) in [5, 5.41) is 17.5. The van der Waals surface area contributed by atoms with E-state index in [4.69, 9.17) is 4.74 Å². The molecule has 2 aliphatic heterocycles. The molecule has 0 spiro atoms. The van der Waals surface area contributed by atoms with Crippen molar-refractivity contribution in [1.82, 2.24) is 15.5 Å². The minimum atomic E-state index is -0.553. The third-order valence-electron chi connectivity index (χ3n) is 6.06. The highest BCUT2D eigenvalue weighted by Crippen LogP contribution is 2.27. The zero-order chi connectivity index (χ0) is 17.5. The molecule has 1 unspecified atom stereocenters. The second-order valence-electron chi connectivity index (χ2n) is 8.16. The number of rotatable bonds is 5. The van der Waals surface area contributed by atoms with Gasteiger partial charge in [0.1, 0.15) is 0 Å². The average molecular weight is 480 g/mol. The molecule has 0 aromatic rings. The van der Waals surface area contributed by atoms with Crippen LogP contribution in [0.3, 0.4) is 0 Å². The molecule has 3 N–H and O–H groups in total. The van der Waals surface area contributed by atoms with Crippen LogP contribution in [-0.4, -0.2) is 74.0 Å². The molecule has 3 fully saturated rings. The van der Waals surface area contributed by atoms with E-state index >= 15 is 0 Å². The van der Waals surface area contributed by atoms with Crippen molar-refractivity contribution < 1.29 is 9.84 Å². The normalized spacial score (nSPS) is 27.8. The second-order valence-corrected chi connectivity index (χ2v) is 8.16. The highest BCUT2D eigenvalue weighted by atomic mass is 127. The van der Waals surface area contributed by atoms with Gasteiger partial charge >= 0.3 is 0 Å². The van der Waals surface area contributed by atoms with Crippen molar-refractivity contribution in [1.29, 1.82) is 0 Å². The number of aliphatic imine (C=N–C) groups is 1. The van der Waals surface area contributed by atoms with Crippen LogP contribution < -0.4 is 10.6 Å². The smallest absolute Gasteiger partial charge is 0.191 e. The van der Waals surface area contributed by atoms with Crippen LogP contribution in [0.2, 0.25) is 0 Å². The van der Waals surface area contributed by atoms with E-state index in [1.54, 1.807) is 0 Å². The number of likely N-dealkylation sites (tertiary alicyclic amines) is 1. The third-order valence-corrected chi connectivity index (χ3v) is 6.06. The topological polar surface area (TPSA) is 69.1 Å². The first-order valence-corrected chi connectivity index (χ1v) is 10.2. The maximum atomic E-state index is 10.6. The summed E-state index contributed by atoms with van der Waals surface area (Å²) in [5.74, 6) is 1.57. The van der Waals surface area contributed by atoms with Gasteiger partial charge in [-0.25, -0.2) is 0 Å². The number of halogens is 1. The van der Waals surface area contributed by atoms with Gasteiger partial charge in [0.05, 0.1) is 12.2 Å². The maximum absolute atomic E-state index is 10.6. The molecule has 6 nitrogen and oxygen atoms in total. The zero-order valence-corrected chi connectivity index (χ0v) is 18.5. The van der Waals surface area contributed by atoms with Gasteiger partial charge in [-0.2, -0.15) is 0 Å². The average Bonchev–Trinajstić information content (AvgIpc) is 3.14. The van der Waals surface area contributed by atoms with Crippen LogP contribution in [0.1, 0.15) is 51.4 Å². The van der Waals surface area contributed by atoms with Gasteiger partial charge in [0, 0.05) is 45.9 Å². The van der Waals surface area contributed by atoms with Crippen LogP contribution >= 0.6 is 24.0 Å². The van der Waals surface area contributed by atoms with E-state index in [0.717, 1.165) is 76.7 Å². The van der Waals surface area contributed by atoms with Crippen LogP contribution in [-0.2, 0) is 4.74 Å². The largest absolute Gasteiger partial charge is 0.388 e. The summed E-state index contributed by atoms with van der Waals surface area (Å²) in [6.45, 7) is 5.97. The zero-order valence-electron chi connectivity index (χ0n) is 16.2. The standard InChI is InChI=1S/C19H36N4O2.HI/c1-20-18(21-15-19(24)8-3-2-4-9-19)22-17-5-10-23(11-6-17)13-16-7-12-25-14-16;/h16-17,24H,2-15H2,1H3,(H2,20,21,22);1H. The van der Waals surface area contributed by atoms with E-state index in [2.05, 4.69) is 20.5 Å². The lowest BCUT2D eigenvalue weighted by Crippen LogP contribution is -2.52. The minimum Gasteiger partial charge on any atom is -0.388 e. The second kappa shape index (κ2) is 11.0. The number of hydrogen-bond donors (Lipinski definition) is 3. The predicted molar refractivity (Wildman–Crippen MR) is 116 cm³/mol. The van der Waals surface area contributed by atoms with Crippen LogP contribution in [0.15, 0.2) is 4.99 Å². The van der Waals surface area contributed by atoms with Crippen molar-refractivity contribution in [3.05, 3.63) is 0 Å². The lowest BCUT2D eigenvalue weighted by atomic mass is 9.85. The third kappa shape index (κ3) is 6.80. The van der Waals surface area contributed by atoms with Crippen LogP contribution in [0.25, 0.3) is 0 Å². The van der Waals surface area contributed by atoms with E-state index in [-0.39, 0.29) is 24.0 Å². The SMILES string of the molecule is CN=C(NCC1(O)CCCCC1)NC1CCN(CC2CCOC2)CC1.I. The van der Waals surface area contributed by atoms with Gasteiger partial charge in [-0.1, -0.05) is 19.3 Å². The molecule has 1 saturated carbocycles. The van der Waals surface area contributed by atoms with E-state index in [1.807, 2.05) is 7.05 Å². The number of nitrogens with zero attached hydrogens (tertiary/aromatic N) is 2. The number of nitrogens with one attached hydrogen (secondary N) is 2. The summed E-state index contributed by atoms with van der Waals surface area (Å²) in [4.78, 5) is 6.93. The lowest BCUT2D eigenvalue weighted by Gasteiger charge is -2.35. The molecule has 26 heavy (non-hydrogen) atoms.